The number of benzene rings is 2. The largest absolute Gasteiger partial charge is 0.494 e. The summed E-state index contributed by atoms with van der Waals surface area (Å²) < 4.78 is 5.47. The molecule has 0 aliphatic rings. The molecule has 0 saturated heterocycles. The summed E-state index contributed by atoms with van der Waals surface area (Å²) in [5.41, 5.74) is 5.24. The molecule has 0 aliphatic heterocycles. The summed E-state index contributed by atoms with van der Waals surface area (Å²) in [4.78, 5) is 0. The van der Waals surface area contributed by atoms with Gasteiger partial charge in [0.2, 0.25) is 0 Å². The molecule has 0 heterocycles. The maximum atomic E-state index is 5.47. The molecule has 3 heteroatoms. The van der Waals surface area contributed by atoms with Gasteiger partial charge in [0.05, 0.1) is 6.61 Å². The lowest BCUT2D eigenvalue weighted by molar-refractivity contribution is 0.340. The number of hydrogen-bond donors (Lipinski definition) is 1. The van der Waals surface area contributed by atoms with Crippen LogP contribution in [0.15, 0.2) is 42.5 Å². The summed E-state index contributed by atoms with van der Waals surface area (Å²) >= 11 is 0. The lowest BCUT2D eigenvalue weighted by Crippen LogP contribution is -2.15. The Hall–Kier alpha value is -1.37. The predicted octanol–water partition coefficient (Wildman–Crippen LogP) is 4.37. The molecule has 1 N–H and O–H groups in total. The van der Waals surface area contributed by atoms with E-state index in [9.17, 15) is 0 Å². The molecule has 2 rings (SSSR count). The third kappa shape index (κ3) is 4.56. The smallest absolute Gasteiger partial charge is 0.119 e. The van der Waals surface area contributed by atoms with Crippen LogP contribution in [0.25, 0.3) is 0 Å². The van der Waals surface area contributed by atoms with Gasteiger partial charge in [0.15, 0.2) is 0 Å². The van der Waals surface area contributed by atoms with Crippen LogP contribution < -0.4 is 10.1 Å². The second kappa shape index (κ2) is 7.59. The van der Waals surface area contributed by atoms with Gasteiger partial charge in [0, 0.05) is 12.3 Å². The van der Waals surface area contributed by atoms with E-state index in [0.717, 1.165) is 12.3 Å². The Morgan fingerprint density at radius 2 is 1.76 bits per heavy atom. The van der Waals surface area contributed by atoms with Crippen molar-refractivity contribution in [2.45, 2.75) is 33.1 Å². The molecule has 21 heavy (non-hydrogen) atoms. The van der Waals surface area contributed by atoms with Crippen LogP contribution in [0.1, 0.15) is 35.0 Å². The van der Waals surface area contributed by atoms with Crippen LogP contribution in [0, 0.1) is 13.8 Å². The van der Waals surface area contributed by atoms with E-state index in [4.69, 9.17) is 4.74 Å². The van der Waals surface area contributed by atoms with E-state index in [2.05, 4.69) is 58.7 Å². The van der Waals surface area contributed by atoms with Crippen LogP contribution in [-0.4, -0.2) is 6.61 Å². The minimum atomic E-state index is 0.238. The highest BCUT2D eigenvalue weighted by atomic mass is 31.0. The summed E-state index contributed by atoms with van der Waals surface area (Å²) in [5.74, 6) is 1.16. The number of hydrogen-bond acceptors (Lipinski definition) is 2. The fourth-order valence-electron chi connectivity index (χ4n) is 2.20. The van der Waals surface area contributed by atoms with E-state index in [0.29, 0.717) is 6.61 Å². The normalized spacial score (nSPS) is 12.2. The standard InChI is InChI=1S/C18H24NOP/c1-4-20-17-9-7-16(8-10-17)18(21)19-12-15-6-5-13(2)14(3)11-15/h5-11,18-19H,4,12,21H2,1-3H3. The highest BCUT2D eigenvalue weighted by molar-refractivity contribution is 7.17. The van der Waals surface area contributed by atoms with Gasteiger partial charge in [-0.2, -0.15) is 0 Å². The van der Waals surface area contributed by atoms with Crippen molar-refractivity contribution in [2.75, 3.05) is 6.61 Å². The van der Waals surface area contributed by atoms with Crippen LogP contribution in [0.4, 0.5) is 0 Å². The topological polar surface area (TPSA) is 21.3 Å². The molecule has 0 saturated carbocycles. The minimum Gasteiger partial charge on any atom is -0.494 e. The molecule has 112 valence electrons. The SMILES string of the molecule is CCOc1ccc(C(P)NCc2ccc(C)c(C)c2)cc1. The molecular weight excluding hydrogens is 277 g/mol. The van der Waals surface area contributed by atoms with Gasteiger partial charge in [-0.05, 0) is 55.2 Å². The highest BCUT2D eigenvalue weighted by Crippen LogP contribution is 2.23. The van der Waals surface area contributed by atoms with Gasteiger partial charge in [-0.3, -0.25) is 0 Å². The van der Waals surface area contributed by atoms with Gasteiger partial charge in [-0.1, -0.05) is 30.3 Å². The molecule has 2 aromatic rings. The molecule has 0 aliphatic carbocycles. The Morgan fingerprint density at radius 1 is 1.05 bits per heavy atom. The maximum absolute atomic E-state index is 5.47. The average Bonchev–Trinajstić information content (AvgIpc) is 2.49. The van der Waals surface area contributed by atoms with Crippen molar-refractivity contribution < 1.29 is 4.74 Å². The van der Waals surface area contributed by atoms with Gasteiger partial charge < -0.3 is 10.1 Å². The monoisotopic (exact) mass is 301 g/mol. The summed E-state index contributed by atoms with van der Waals surface area (Å²) in [6.45, 7) is 7.86. The van der Waals surface area contributed by atoms with Crippen molar-refractivity contribution in [2.24, 2.45) is 0 Å². The molecule has 0 aromatic heterocycles. The minimum absolute atomic E-state index is 0.238. The molecule has 0 bridgehead atoms. The molecule has 0 radical (unpaired) electrons. The van der Waals surface area contributed by atoms with Crippen molar-refractivity contribution in [1.82, 2.24) is 5.32 Å². The fourth-order valence-corrected chi connectivity index (χ4v) is 2.54. The van der Waals surface area contributed by atoms with Crippen molar-refractivity contribution in [1.29, 1.82) is 0 Å². The lowest BCUT2D eigenvalue weighted by atomic mass is 10.1. The lowest BCUT2D eigenvalue weighted by Gasteiger charge is -2.15. The van der Waals surface area contributed by atoms with Gasteiger partial charge in [0.25, 0.3) is 0 Å². The molecule has 2 atom stereocenters. The molecule has 0 amide bonds. The number of nitrogens with one attached hydrogen (secondary N) is 1. The van der Waals surface area contributed by atoms with Crippen molar-refractivity contribution in [3.63, 3.8) is 0 Å². The molecule has 2 unspecified atom stereocenters. The first-order valence-corrected chi connectivity index (χ1v) is 8.04. The van der Waals surface area contributed by atoms with Gasteiger partial charge >= 0.3 is 0 Å². The third-order valence-corrected chi connectivity index (χ3v) is 4.27. The maximum Gasteiger partial charge on any atom is 0.119 e. The predicted molar refractivity (Wildman–Crippen MR) is 92.8 cm³/mol. The first-order chi connectivity index (χ1) is 10.1. The Labute approximate surface area is 130 Å². The zero-order valence-electron chi connectivity index (χ0n) is 13.0. The Balaban J connectivity index is 1.94. The van der Waals surface area contributed by atoms with Gasteiger partial charge in [-0.15, -0.1) is 9.24 Å². The Bertz CT molecular complexity index is 580. The molecule has 2 aromatic carbocycles. The van der Waals surface area contributed by atoms with Crippen molar-refractivity contribution >= 4 is 9.24 Å². The summed E-state index contributed by atoms with van der Waals surface area (Å²) in [7, 11) is 2.86. The Kier molecular flexibility index (Phi) is 5.78. The van der Waals surface area contributed by atoms with E-state index in [1.54, 1.807) is 0 Å². The van der Waals surface area contributed by atoms with Gasteiger partial charge in [0.1, 0.15) is 5.75 Å². The average molecular weight is 301 g/mol. The summed E-state index contributed by atoms with van der Waals surface area (Å²) in [5, 5.41) is 3.54. The van der Waals surface area contributed by atoms with E-state index >= 15 is 0 Å². The van der Waals surface area contributed by atoms with Crippen LogP contribution in [0.3, 0.4) is 0 Å². The second-order valence-electron chi connectivity index (χ2n) is 5.28. The summed E-state index contributed by atoms with van der Waals surface area (Å²) in [6.07, 6.45) is 0. The third-order valence-electron chi connectivity index (χ3n) is 3.65. The zero-order valence-corrected chi connectivity index (χ0v) is 14.2. The van der Waals surface area contributed by atoms with Crippen LogP contribution in [0.2, 0.25) is 0 Å². The van der Waals surface area contributed by atoms with Crippen LogP contribution in [-0.2, 0) is 6.54 Å². The van der Waals surface area contributed by atoms with Crippen molar-refractivity contribution in [3.8, 4) is 5.75 Å². The van der Waals surface area contributed by atoms with E-state index in [1.165, 1.54) is 22.3 Å². The van der Waals surface area contributed by atoms with Crippen molar-refractivity contribution in [3.05, 3.63) is 64.7 Å². The second-order valence-corrected chi connectivity index (χ2v) is 5.95. The zero-order chi connectivity index (χ0) is 15.2. The quantitative estimate of drug-likeness (QED) is 0.800. The first kappa shape index (κ1) is 16.0. The fraction of sp³-hybridized carbons (Fsp3) is 0.333. The van der Waals surface area contributed by atoms with E-state index < -0.39 is 0 Å². The molecule has 2 nitrogen and oxygen atoms in total. The molecule has 0 spiro atoms. The first-order valence-electron chi connectivity index (χ1n) is 7.38. The van der Waals surface area contributed by atoms with E-state index in [-0.39, 0.29) is 5.78 Å². The highest BCUT2D eigenvalue weighted by Gasteiger charge is 2.05. The number of ether oxygens (including phenoxy) is 1. The molecular formula is C18H24NOP. The van der Waals surface area contributed by atoms with Crippen LogP contribution >= 0.6 is 9.24 Å². The summed E-state index contributed by atoms with van der Waals surface area (Å²) in [6, 6.07) is 14.9. The number of rotatable bonds is 6. The Morgan fingerprint density at radius 3 is 2.38 bits per heavy atom. The molecule has 0 fully saturated rings. The number of aryl methyl sites for hydroxylation is 2. The van der Waals surface area contributed by atoms with Gasteiger partial charge in [-0.25, -0.2) is 0 Å². The van der Waals surface area contributed by atoms with E-state index in [1.807, 2.05) is 19.1 Å². The van der Waals surface area contributed by atoms with Crippen LogP contribution in [0.5, 0.6) is 5.75 Å².